The Morgan fingerprint density at radius 1 is 1.32 bits per heavy atom. The van der Waals surface area contributed by atoms with E-state index in [4.69, 9.17) is 10.5 Å². The average Bonchev–Trinajstić information content (AvgIpc) is 2.38. The van der Waals surface area contributed by atoms with Crippen molar-refractivity contribution >= 4 is 39.8 Å². The zero-order valence-corrected chi connectivity index (χ0v) is 14.1. The summed E-state index contributed by atoms with van der Waals surface area (Å²) >= 11 is 0. The van der Waals surface area contributed by atoms with E-state index in [2.05, 4.69) is 4.99 Å². The molecule has 2 fully saturated rings. The number of morpholine rings is 1. The second-order valence-corrected chi connectivity index (χ2v) is 7.18. The third kappa shape index (κ3) is 4.75. The fourth-order valence-corrected chi connectivity index (χ4v) is 4.08. The lowest BCUT2D eigenvalue weighted by Gasteiger charge is -2.28. The number of aliphatic imine (C=N–C) groups is 1. The Hall–Kier alpha value is -0.0900. The van der Waals surface area contributed by atoms with Gasteiger partial charge in [-0.15, -0.1) is 24.0 Å². The van der Waals surface area contributed by atoms with Crippen molar-refractivity contribution in [2.24, 2.45) is 10.7 Å². The summed E-state index contributed by atoms with van der Waals surface area (Å²) in [4.78, 5) is 6.20. The molecule has 1 atom stereocenters. The van der Waals surface area contributed by atoms with Crippen molar-refractivity contribution < 1.29 is 13.2 Å². The van der Waals surface area contributed by atoms with E-state index in [0.29, 0.717) is 37.9 Å². The summed E-state index contributed by atoms with van der Waals surface area (Å²) in [6.45, 7) is 3.06. The first kappa shape index (κ1) is 17.0. The minimum Gasteiger partial charge on any atom is -0.378 e. The summed E-state index contributed by atoms with van der Waals surface area (Å²) < 4.78 is 28.9. The topological polar surface area (TPSA) is 85.0 Å². The summed E-state index contributed by atoms with van der Waals surface area (Å²) in [5.41, 5.74) is 5.88. The highest BCUT2D eigenvalue weighted by Crippen LogP contribution is 2.19. The van der Waals surface area contributed by atoms with Crippen molar-refractivity contribution in [1.29, 1.82) is 0 Å². The average molecular weight is 403 g/mol. The van der Waals surface area contributed by atoms with E-state index in [9.17, 15) is 8.42 Å². The van der Waals surface area contributed by atoms with Crippen LogP contribution in [0.2, 0.25) is 0 Å². The quantitative estimate of drug-likeness (QED) is 0.405. The van der Waals surface area contributed by atoms with Crippen LogP contribution in [-0.2, 0) is 14.6 Å². The zero-order valence-electron chi connectivity index (χ0n) is 11.0. The maximum atomic E-state index is 11.8. The molecule has 2 aliphatic rings. The van der Waals surface area contributed by atoms with E-state index in [0.717, 1.165) is 25.9 Å². The predicted octanol–water partition coefficient (Wildman–Crippen LogP) is 0.219. The van der Waals surface area contributed by atoms with Crippen molar-refractivity contribution in [3.63, 3.8) is 0 Å². The number of nitrogens with two attached hydrogens (primary N) is 1. The zero-order chi connectivity index (χ0) is 13.0. The second-order valence-electron chi connectivity index (χ2n) is 4.78. The highest BCUT2D eigenvalue weighted by atomic mass is 127. The molecule has 8 heteroatoms. The number of hydrogen-bond donors (Lipinski definition) is 1. The molecule has 2 saturated heterocycles. The first-order valence-corrected chi connectivity index (χ1v) is 8.15. The standard InChI is InChI=1S/C11H21N3O3S.HI/c12-11(14-4-6-17-7-5-14)13-9-10-3-1-2-8-18(10,15)16;/h10H,1-9H2,(H2,12,13);1H. The molecule has 0 aromatic rings. The molecule has 0 aromatic heterocycles. The Labute approximate surface area is 131 Å². The highest BCUT2D eigenvalue weighted by molar-refractivity contribution is 14.0. The molecule has 6 nitrogen and oxygen atoms in total. The molecule has 0 saturated carbocycles. The largest absolute Gasteiger partial charge is 0.378 e. The fourth-order valence-electron chi connectivity index (χ4n) is 2.31. The van der Waals surface area contributed by atoms with Crippen LogP contribution in [0.15, 0.2) is 4.99 Å². The summed E-state index contributed by atoms with van der Waals surface area (Å²) in [7, 11) is -2.96. The molecule has 2 rings (SSSR count). The van der Waals surface area contributed by atoms with Crippen molar-refractivity contribution in [2.45, 2.75) is 24.5 Å². The van der Waals surface area contributed by atoms with Gasteiger partial charge in [-0.05, 0) is 12.8 Å². The van der Waals surface area contributed by atoms with Gasteiger partial charge in [-0.3, -0.25) is 4.99 Å². The Balaban J connectivity index is 0.00000180. The number of sulfone groups is 1. The maximum absolute atomic E-state index is 11.8. The van der Waals surface area contributed by atoms with Crippen LogP contribution in [0.25, 0.3) is 0 Å². The summed E-state index contributed by atoms with van der Waals surface area (Å²) in [6, 6.07) is 0. The molecule has 2 N–H and O–H groups in total. The SMILES string of the molecule is I.NC(=NCC1CCCCS1(=O)=O)N1CCOCC1. The molecule has 0 spiro atoms. The maximum Gasteiger partial charge on any atom is 0.191 e. The number of halogens is 1. The first-order chi connectivity index (χ1) is 8.59. The lowest BCUT2D eigenvalue weighted by Crippen LogP contribution is -2.45. The monoisotopic (exact) mass is 403 g/mol. The van der Waals surface area contributed by atoms with Crippen LogP contribution >= 0.6 is 24.0 Å². The van der Waals surface area contributed by atoms with Gasteiger partial charge in [0.05, 0.1) is 30.8 Å². The van der Waals surface area contributed by atoms with Crippen molar-refractivity contribution in [3.8, 4) is 0 Å². The van der Waals surface area contributed by atoms with Crippen LogP contribution in [0.1, 0.15) is 19.3 Å². The molecule has 0 bridgehead atoms. The van der Waals surface area contributed by atoms with Crippen LogP contribution in [0, 0.1) is 0 Å². The van der Waals surface area contributed by atoms with E-state index in [1.165, 1.54) is 0 Å². The van der Waals surface area contributed by atoms with E-state index < -0.39 is 9.84 Å². The second kappa shape index (κ2) is 7.63. The van der Waals surface area contributed by atoms with Gasteiger partial charge in [0.25, 0.3) is 0 Å². The van der Waals surface area contributed by atoms with E-state index in [1.807, 2.05) is 4.90 Å². The van der Waals surface area contributed by atoms with Gasteiger partial charge in [0.1, 0.15) is 0 Å². The molecule has 112 valence electrons. The third-order valence-electron chi connectivity index (χ3n) is 3.50. The van der Waals surface area contributed by atoms with E-state index in [-0.39, 0.29) is 29.2 Å². The number of nitrogens with zero attached hydrogens (tertiary/aromatic N) is 2. The Morgan fingerprint density at radius 3 is 2.63 bits per heavy atom. The number of rotatable bonds is 2. The van der Waals surface area contributed by atoms with Crippen LogP contribution < -0.4 is 5.73 Å². The van der Waals surface area contributed by atoms with Crippen LogP contribution in [-0.4, -0.2) is 63.1 Å². The Bertz CT molecular complexity index is 407. The van der Waals surface area contributed by atoms with Crippen LogP contribution in [0.3, 0.4) is 0 Å². The molecule has 19 heavy (non-hydrogen) atoms. The van der Waals surface area contributed by atoms with Gasteiger partial charge in [0, 0.05) is 13.1 Å². The molecular weight excluding hydrogens is 381 g/mol. The van der Waals surface area contributed by atoms with Gasteiger partial charge in [0.2, 0.25) is 0 Å². The smallest absolute Gasteiger partial charge is 0.191 e. The summed E-state index contributed by atoms with van der Waals surface area (Å²) in [5, 5.41) is -0.342. The number of hydrogen-bond acceptors (Lipinski definition) is 4. The number of guanidine groups is 1. The Kier molecular flexibility index (Phi) is 6.81. The summed E-state index contributed by atoms with van der Waals surface area (Å²) in [6.07, 6.45) is 2.46. The summed E-state index contributed by atoms with van der Waals surface area (Å²) in [5.74, 6) is 0.740. The molecular formula is C11H22IN3O3S. The van der Waals surface area contributed by atoms with Crippen molar-refractivity contribution in [1.82, 2.24) is 4.90 Å². The molecule has 2 aliphatic heterocycles. The molecule has 0 radical (unpaired) electrons. The fraction of sp³-hybridized carbons (Fsp3) is 0.909. The lowest BCUT2D eigenvalue weighted by atomic mass is 10.2. The molecule has 2 heterocycles. The lowest BCUT2D eigenvalue weighted by molar-refractivity contribution is 0.0674. The molecule has 0 amide bonds. The van der Waals surface area contributed by atoms with Crippen LogP contribution in [0.4, 0.5) is 0 Å². The Morgan fingerprint density at radius 2 is 2.00 bits per heavy atom. The number of ether oxygens (including phenoxy) is 1. The van der Waals surface area contributed by atoms with Gasteiger partial charge >= 0.3 is 0 Å². The normalized spacial score (nSPS) is 27.7. The predicted molar refractivity (Wildman–Crippen MR) is 85.7 cm³/mol. The highest BCUT2D eigenvalue weighted by Gasteiger charge is 2.28. The van der Waals surface area contributed by atoms with Crippen molar-refractivity contribution in [3.05, 3.63) is 0 Å². The third-order valence-corrected chi connectivity index (χ3v) is 5.76. The molecule has 1 unspecified atom stereocenters. The first-order valence-electron chi connectivity index (χ1n) is 6.44. The minimum atomic E-state index is -2.96. The van der Waals surface area contributed by atoms with E-state index in [1.54, 1.807) is 0 Å². The van der Waals surface area contributed by atoms with Gasteiger partial charge in [-0.1, -0.05) is 6.42 Å². The molecule has 0 aromatic carbocycles. The van der Waals surface area contributed by atoms with E-state index >= 15 is 0 Å². The van der Waals surface area contributed by atoms with Gasteiger partial charge in [-0.25, -0.2) is 8.42 Å². The van der Waals surface area contributed by atoms with Gasteiger partial charge < -0.3 is 15.4 Å². The minimum absolute atomic E-state index is 0. The molecule has 0 aliphatic carbocycles. The van der Waals surface area contributed by atoms with Gasteiger partial charge in [0.15, 0.2) is 15.8 Å². The van der Waals surface area contributed by atoms with Crippen LogP contribution in [0.5, 0.6) is 0 Å². The van der Waals surface area contributed by atoms with Gasteiger partial charge in [-0.2, -0.15) is 0 Å². The van der Waals surface area contributed by atoms with Crippen molar-refractivity contribution in [2.75, 3.05) is 38.6 Å².